The van der Waals surface area contributed by atoms with E-state index in [0.717, 1.165) is 16.5 Å². The van der Waals surface area contributed by atoms with Crippen molar-refractivity contribution in [2.45, 2.75) is 6.92 Å². The Kier molecular flexibility index (Phi) is 2.00. The van der Waals surface area contributed by atoms with Crippen LogP contribution in [-0.4, -0.2) is 5.91 Å². The minimum Gasteiger partial charge on any atom is -0.460 e. The molecule has 1 aromatic carbocycles. The molecule has 0 aliphatic rings. The Morgan fingerprint density at radius 1 is 1.43 bits per heavy atom. The molecule has 1 radical (unpaired) electrons. The highest BCUT2D eigenvalue weighted by Gasteiger charge is 2.11. The predicted molar refractivity (Wildman–Crippen MR) is 53.5 cm³/mol. The van der Waals surface area contributed by atoms with Gasteiger partial charge in [-0.2, -0.15) is 0 Å². The molecule has 0 aliphatic heterocycles. The summed E-state index contributed by atoms with van der Waals surface area (Å²) < 4.78 is 5.45. The number of fused-ring (bicyclic) bond motifs is 1. The van der Waals surface area contributed by atoms with Crippen molar-refractivity contribution in [1.29, 1.82) is 0 Å². The fourth-order valence-corrected chi connectivity index (χ4v) is 1.46. The number of nitrogens with two attached hydrogens (primary N) is 1. The van der Waals surface area contributed by atoms with E-state index >= 15 is 0 Å². The highest BCUT2D eigenvalue weighted by atomic mass is 16.3. The van der Waals surface area contributed by atoms with E-state index in [2.05, 4.69) is 0 Å². The van der Waals surface area contributed by atoms with Crippen molar-refractivity contribution in [3.63, 3.8) is 0 Å². The quantitative estimate of drug-likeness (QED) is 0.780. The lowest BCUT2D eigenvalue weighted by Gasteiger charge is -1.91. The second-order valence-electron chi connectivity index (χ2n) is 3.13. The van der Waals surface area contributed by atoms with E-state index < -0.39 is 5.91 Å². The predicted octanol–water partition coefficient (Wildman–Crippen LogP) is 1.78. The molecular formula is C11H10NO2. The molecule has 0 unspecified atom stereocenters. The largest absolute Gasteiger partial charge is 0.460 e. The molecule has 0 atom stereocenters. The average molecular weight is 188 g/mol. The number of primary amides is 1. The van der Waals surface area contributed by atoms with Crippen molar-refractivity contribution >= 4 is 16.9 Å². The monoisotopic (exact) mass is 188 g/mol. The topological polar surface area (TPSA) is 56.2 Å². The fourth-order valence-electron chi connectivity index (χ4n) is 1.46. The third kappa shape index (κ3) is 1.37. The Bertz CT molecular complexity index is 485. The zero-order chi connectivity index (χ0) is 10.1. The van der Waals surface area contributed by atoms with Gasteiger partial charge >= 0.3 is 0 Å². The maximum Gasteiger partial charge on any atom is 0.229 e. The van der Waals surface area contributed by atoms with Crippen LogP contribution < -0.4 is 5.73 Å². The van der Waals surface area contributed by atoms with Crippen LogP contribution in [0.4, 0.5) is 0 Å². The summed E-state index contributed by atoms with van der Waals surface area (Å²) in [5.41, 5.74) is 6.78. The maximum atomic E-state index is 10.7. The summed E-state index contributed by atoms with van der Waals surface area (Å²) in [5, 5.41) is 1.01. The Hall–Kier alpha value is -1.77. The molecule has 0 spiro atoms. The van der Waals surface area contributed by atoms with E-state index in [-0.39, 0.29) is 0 Å². The normalized spacial score (nSPS) is 10.6. The molecule has 1 heterocycles. The highest BCUT2D eigenvalue weighted by molar-refractivity contribution is 5.90. The third-order valence-electron chi connectivity index (χ3n) is 2.15. The zero-order valence-electron chi connectivity index (χ0n) is 7.78. The molecule has 0 fully saturated rings. The molecule has 0 aliphatic carbocycles. The van der Waals surface area contributed by atoms with Crippen LogP contribution in [0, 0.1) is 13.3 Å². The van der Waals surface area contributed by atoms with Crippen LogP contribution in [-0.2, 0) is 4.79 Å². The summed E-state index contributed by atoms with van der Waals surface area (Å²) >= 11 is 0. The molecule has 3 heteroatoms. The summed E-state index contributed by atoms with van der Waals surface area (Å²) in [6, 6.07) is 7.63. The molecule has 1 aromatic heterocycles. The van der Waals surface area contributed by atoms with Crippen molar-refractivity contribution in [2.75, 3.05) is 0 Å². The van der Waals surface area contributed by atoms with Crippen LogP contribution in [0.2, 0.25) is 0 Å². The molecule has 1 amide bonds. The Morgan fingerprint density at radius 2 is 2.14 bits per heavy atom. The van der Waals surface area contributed by atoms with Crippen molar-refractivity contribution in [2.24, 2.45) is 5.73 Å². The molecule has 3 nitrogen and oxygen atoms in total. The first-order valence-corrected chi connectivity index (χ1v) is 4.31. The van der Waals surface area contributed by atoms with Gasteiger partial charge in [0.05, 0.1) is 0 Å². The van der Waals surface area contributed by atoms with E-state index in [1.807, 2.05) is 31.2 Å². The van der Waals surface area contributed by atoms with Gasteiger partial charge in [0.1, 0.15) is 17.8 Å². The Balaban J connectivity index is 2.57. The van der Waals surface area contributed by atoms with Gasteiger partial charge in [-0.3, -0.25) is 4.79 Å². The molecule has 2 rings (SSSR count). The summed E-state index contributed by atoms with van der Waals surface area (Å²) in [7, 11) is 0. The van der Waals surface area contributed by atoms with Crippen molar-refractivity contribution < 1.29 is 9.21 Å². The van der Waals surface area contributed by atoms with Crippen LogP contribution in [0.5, 0.6) is 0 Å². The smallest absolute Gasteiger partial charge is 0.229 e. The zero-order valence-corrected chi connectivity index (χ0v) is 7.78. The SMILES string of the molecule is Cc1c([CH]C(N)=O)oc2ccccc12. The van der Waals surface area contributed by atoms with Gasteiger partial charge in [0.15, 0.2) is 0 Å². The van der Waals surface area contributed by atoms with E-state index in [0.29, 0.717) is 5.76 Å². The number of amides is 1. The average Bonchev–Trinajstić information content (AvgIpc) is 2.44. The molecule has 0 saturated heterocycles. The van der Waals surface area contributed by atoms with Crippen molar-refractivity contribution in [3.8, 4) is 0 Å². The van der Waals surface area contributed by atoms with Gasteiger partial charge in [0.2, 0.25) is 5.91 Å². The number of aryl methyl sites for hydroxylation is 1. The van der Waals surface area contributed by atoms with E-state index in [1.165, 1.54) is 6.42 Å². The Morgan fingerprint density at radius 3 is 2.79 bits per heavy atom. The van der Waals surface area contributed by atoms with E-state index in [1.54, 1.807) is 0 Å². The summed E-state index contributed by atoms with van der Waals surface area (Å²) in [4.78, 5) is 10.7. The van der Waals surface area contributed by atoms with Gasteiger partial charge in [-0.25, -0.2) is 0 Å². The standard InChI is InChI=1S/C11H10NO2/c1-7-8-4-2-3-5-9(8)14-10(7)6-11(12)13/h2-6H,1H3,(H2,12,13). The summed E-state index contributed by atoms with van der Waals surface area (Å²) in [5.74, 6) is 0.0471. The first-order valence-electron chi connectivity index (χ1n) is 4.31. The molecule has 0 saturated carbocycles. The lowest BCUT2D eigenvalue weighted by molar-refractivity contribution is -0.114. The van der Waals surface area contributed by atoms with Crippen LogP contribution in [0.1, 0.15) is 11.3 Å². The van der Waals surface area contributed by atoms with Gasteiger partial charge in [-0.15, -0.1) is 0 Å². The fraction of sp³-hybridized carbons (Fsp3) is 0.0909. The molecule has 2 aromatic rings. The summed E-state index contributed by atoms with van der Waals surface area (Å²) in [6.45, 7) is 1.90. The van der Waals surface area contributed by atoms with E-state index in [4.69, 9.17) is 10.2 Å². The number of benzene rings is 1. The van der Waals surface area contributed by atoms with Gasteiger partial charge in [-0.05, 0) is 18.6 Å². The molecule has 14 heavy (non-hydrogen) atoms. The van der Waals surface area contributed by atoms with Crippen LogP contribution >= 0.6 is 0 Å². The third-order valence-corrected chi connectivity index (χ3v) is 2.15. The first-order chi connectivity index (χ1) is 6.68. The lowest BCUT2D eigenvalue weighted by atomic mass is 10.1. The highest BCUT2D eigenvalue weighted by Crippen LogP contribution is 2.25. The minimum absolute atomic E-state index is 0.493. The number of hydrogen-bond acceptors (Lipinski definition) is 2. The van der Waals surface area contributed by atoms with Crippen LogP contribution in [0.3, 0.4) is 0 Å². The first kappa shape index (κ1) is 8.81. The number of hydrogen-bond donors (Lipinski definition) is 1. The number of rotatable bonds is 2. The molecular weight excluding hydrogens is 178 g/mol. The Labute approximate surface area is 81.5 Å². The maximum absolute atomic E-state index is 10.7. The lowest BCUT2D eigenvalue weighted by Crippen LogP contribution is -2.11. The second-order valence-corrected chi connectivity index (χ2v) is 3.13. The number of carbonyl (C=O) groups excluding carboxylic acids is 1. The van der Waals surface area contributed by atoms with E-state index in [9.17, 15) is 4.79 Å². The molecule has 0 bridgehead atoms. The van der Waals surface area contributed by atoms with Gasteiger partial charge in [-0.1, -0.05) is 18.2 Å². The number of carbonyl (C=O) groups is 1. The van der Waals surface area contributed by atoms with Crippen molar-refractivity contribution in [1.82, 2.24) is 0 Å². The van der Waals surface area contributed by atoms with Gasteiger partial charge < -0.3 is 10.2 Å². The van der Waals surface area contributed by atoms with Crippen LogP contribution in [0.25, 0.3) is 11.0 Å². The summed E-state index contributed by atoms with van der Waals surface area (Å²) in [6.07, 6.45) is 1.30. The molecule has 2 N–H and O–H groups in total. The molecule has 71 valence electrons. The number of para-hydroxylation sites is 1. The van der Waals surface area contributed by atoms with Gasteiger partial charge in [0.25, 0.3) is 0 Å². The van der Waals surface area contributed by atoms with Crippen molar-refractivity contribution in [3.05, 3.63) is 42.0 Å². The van der Waals surface area contributed by atoms with Gasteiger partial charge in [0, 0.05) is 5.39 Å². The minimum atomic E-state index is -0.493. The van der Waals surface area contributed by atoms with Crippen LogP contribution in [0.15, 0.2) is 28.7 Å². The second kappa shape index (κ2) is 3.18. The number of furan rings is 1.